The highest BCUT2D eigenvalue weighted by atomic mass is 19.1. The number of rotatable bonds is 0. The second-order valence-electron chi connectivity index (χ2n) is 9.07. The van der Waals surface area contributed by atoms with Crippen molar-refractivity contribution in [2.75, 3.05) is 0 Å². The number of hydrogen-bond acceptors (Lipinski definition) is 2. The third kappa shape index (κ3) is 1.85. The van der Waals surface area contributed by atoms with Crippen LogP contribution in [0.25, 0.3) is 0 Å². The predicted molar refractivity (Wildman–Crippen MR) is 95.4 cm³/mol. The quantitative estimate of drug-likeness (QED) is 0.583. The van der Waals surface area contributed by atoms with E-state index < -0.39 is 17.0 Å². The number of hydrogen-bond donors (Lipinski definition) is 0. The maximum atomic E-state index is 14.9. The zero-order chi connectivity index (χ0) is 18.3. The molecule has 4 rings (SSSR count). The fourth-order valence-electron chi connectivity index (χ4n) is 6.67. The highest BCUT2D eigenvalue weighted by Gasteiger charge is 2.62. The first-order chi connectivity index (χ1) is 11.6. The first-order valence-electron chi connectivity index (χ1n) is 9.49. The third-order valence-corrected chi connectivity index (χ3v) is 8.32. The van der Waals surface area contributed by atoms with Crippen molar-refractivity contribution < 1.29 is 14.0 Å². The molecule has 0 spiro atoms. The molecule has 0 amide bonds. The fraction of sp³-hybridized carbons (Fsp3) is 0.636. The van der Waals surface area contributed by atoms with Gasteiger partial charge in [-0.1, -0.05) is 38.5 Å². The minimum absolute atomic E-state index is 0.156. The minimum atomic E-state index is -0.573. The summed E-state index contributed by atoms with van der Waals surface area (Å²) in [5.41, 5.74) is 1.95. The summed E-state index contributed by atoms with van der Waals surface area (Å²) in [7, 11) is 0. The van der Waals surface area contributed by atoms with Crippen LogP contribution in [0.1, 0.15) is 53.4 Å². The van der Waals surface area contributed by atoms with Gasteiger partial charge in [-0.3, -0.25) is 9.59 Å². The smallest absolute Gasteiger partial charge is 0.214 e. The Morgan fingerprint density at radius 1 is 1.20 bits per heavy atom. The molecule has 4 aliphatic rings. The lowest BCUT2D eigenvalue weighted by Crippen LogP contribution is -2.53. The fourth-order valence-corrected chi connectivity index (χ4v) is 6.67. The molecule has 3 fully saturated rings. The molecule has 1 unspecified atom stereocenters. The Hall–Kier alpha value is -1.51. The van der Waals surface area contributed by atoms with E-state index in [0.29, 0.717) is 23.7 Å². The molecule has 0 aromatic rings. The van der Waals surface area contributed by atoms with Crippen molar-refractivity contribution in [3.05, 3.63) is 35.2 Å². The summed E-state index contributed by atoms with van der Waals surface area (Å²) in [5, 5.41) is 0. The Kier molecular flexibility index (Phi) is 3.40. The zero-order valence-corrected chi connectivity index (χ0v) is 15.6. The van der Waals surface area contributed by atoms with E-state index >= 15 is 0 Å². The molecule has 25 heavy (non-hydrogen) atoms. The van der Waals surface area contributed by atoms with Crippen LogP contribution in [0.2, 0.25) is 0 Å². The molecule has 2 nitrogen and oxygen atoms in total. The lowest BCUT2D eigenvalue weighted by Gasteiger charge is -2.59. The van der Waals surface area contributed by atoms with Crippen LogP contribution in [0.4, 0.5) is 4.39 Å². The number of halogens is 1. The first-order valence-corrected chi connectivity index (χ1v) is 9.49. The van der Waals surface area contributed by atoms with Crippen LogP contribution >= 0.6 is 0 Å². The highest BCUT2D eigenvalue weighted by Crippen LogP contribution is 2.67. The summed E-state index contributed by atoms with van der Waals surface area (Å²) in [4.78, 5) is 24.7. The van der Waals surface area contributed by atoms with E-state index in [4.69, 9.17) is 0 Å². The molecule has 0 bridgehead atoms. The van der Waals surface area contributed by atoms with E-state index in [1.54, 1.807) is 0 Å². The van der Waals surface area contributed by atoms with Crippen LogP contribution in [0.3, 0.4) is 0 Å². The van der Waals surface area contributed by atoms with Crippen molar-refractivity contribution in [1.29, 1.82) is 0 Å². The van der Waals surface area contributed by atoms with E-state index in [1.807, 2.05) is 13.8 Å². The molecule has 0 saturated heterocycles. The van der Waals surface area contributed by atoms with Crippen molar-refractivity contribution >= 4 is 11.6 Å². The molecule has 6 atom stereocenters. The van der Waals surface area contributed by atoms with E-state index in [1.165, 1.54) is 6.08 Å². The molecule has 0 radical (unpaired) electrons. The molecule has 0 aromatic carbocycles. The summed E-state index contributed by atoms with van der Waals surface area (Å²) in [6.45, 7) is 12.6. The van der Waals surface area contributed by atoms with Crippen LogP contribution in [-0.2, 0) is 9.59 Å². The average molecular weight is 342 g/mol. The van der Waals surface area contributed by atoms with Crippen molar-refractivity contribution in [3.63, 3.8) is 0 Å². The Labute approximate surface area is 149 Å². The lowest BCUT2D eigenvalue weighted by molar-refractivity contribution is -0.130. The zero-order valence-electron chi connectivity index (χ0n) is 15.6. The SMILES string of the molecule is C=C1C(C)C2=C(F)C(=O)C=C(C)[C@]2(C)[C@H]2CC[C@]3(C)C(=O)CC[C@H]3[C@H]12. The monoisotopic (exact) mass is 342 g/mol. The van der Waals surface area contributed by atoms with Gasteiger partial charge in [0.15, 0.2) is 5.83 Å². The predicted octanol–water partition coefficient (Wildman–Crippen LogP) is 4.96. The second kappa shape index (κ2) is 5.02. The topological polar surface area (TPSA) is 34.1 Å². The van der Waals surface area contributed by atoms with E-state index in [-0.39, 0.29) is 23.2 Å². The second-order valence-corrected chi connectivity index (χ2v) is 9.07. The number of carbonyl (C=O) groups excluding carboxylic acids is 2. The number of allylic oxidation sites excluding steroid dienone is 5. The standard InChI is InChI=1S/C22H27FO2/c1-11-10-16(24)20(23)19-13(3)12(2)18-14-6-7-17(25)21(14,4)9-8-15(18)22(11,19)5/h10,13-15,18H,2,6-9H2,1,3-5H3/t13?,14-,15-,18-,21-,22+/m0/s1. The molecule has 0 aromatic heterocycles. The third-order valence-electron chi connectivity index (χ3n) is 8.32. The van der Waals surface area contributed by atoms with Gasteiger partial charge in [-0.2, -0.15) is 0 Å². The minimum Gasteiger partial charge on any atom is -0.299 e. The molecule has 3 saturated carbocycles. The van der Waals surface area contributed by atoms with Crippen LogP contribution < -0.4 is 0 Å². The summed E-state index contributed by atoms with van der Waals surface area (Å²) in [5.74, 6) is -0.0722. The first kappa shape index (κ1) is 16.9. The largest absolute Gasteiger partial charge is 0.299 e. The van der Waals surface area contributed by atoms with Gasteiger partial charge in [0.2, 0.25) is 5.78 Å². The molecule has 0 N–H and O–H groups in total. The maximum Gasteiger partial charge on any atom is 0.214 e. The van der Waals surface area contributed by atoms with Gasteiger partial charge in [0.1, 0.15) is 5.78 Å². The van der Waals surface area contributed by atoms with Crippen LogP contribution in [-0.4, -0.2) is 11.6 Å². The summed E-state index contributed by atoms with van der Waals surface area (Å²) < 4.78 is 14.9. The molecule has 0 heterocycles. The van der Waals surface area contributed by atoms with Gasteiger partial charge < -0.3 is 0 Å². The normalized spacial score (nSPS) is 46.6. The number of ketones is 2. The molecular formula is C22H27FO2. The van der Waals surface area contributed by atoms with Crippen molar-refractivity contribution in [1.82, 2.24) is 0 Å². The lowest BCUT2D eigenvalue weighted by atomic mass is 9.44. The van der Waals surface area contributed by atoms with E-state index in [2.05, 4.69) is 20.4 Å². The van der Waals surface area contributed by atoms with Gasteiger partial charge in [0.25, 0.3) is 0 Å². The highest BCUT2D eigenvalue weighted by molar-refractivity contribution is 6.05. The van der Waals surface area contributed by atoms with E-state index in [9.17, 15) is 14.0 Å². The van der Waals surface area contributed by atoms with Gasteiger partial charge in [0, 0.05) is 23.2 Å². The molecule has 0 aliphatic heterocycles. The molecule has 3 heteroatoms. The van der Waals surface area contributed by atoms with Gasteiger partial charge in [-0.05, 0) is 55.6 Å². The Balaban J connectivity index is 1.89. The number of fused-ring (bicyclic) bond motifs is 5. The van der Waals surface area contributed by atoms with Gasteiger partial charge in [-0.25, -0.2) is 4.39 Å². The Morgan fingerprint density at radius 3 is 2.56 bits per heavy atom. The maximum absolute atomic E-state index is 14.9. The summed E-state index contributed by atoms with van der Waals surface area (Å²) >= 11 is 0. The number of carbonyl (C=O) groups is 2. The number of Topliss-reactive ketones (excluding diaryl/α,β-unsaturated/α-hetero) is 1. The van der Waals surface area contributed by atoms with Crippen LogP contribution in [0.5, 0.6) is 0 Å². The van der Waals surface area contributed by atoms with Crippen LogP contribution in [0.15, 0.2) is 35.2 Å². The molecule has 134 valence electrons. The Bertz CT molecular complexity index is 773. The van der Waals surface area contributed by atoms with Crippen molar-refractivity contribution in [3.8, 4) is 0 Å². The van der Waals surface area contributed by atoms with E-state index in [0.717, 1.165) is 30.4 Å². The molecule has 4 aliphatic carbocycles. The Morgan fingerprint density at radius 2 is 1.88 bits per heavy atom. The molecular weight excluding hydrogens is 315 g/mol. The average Bonchev–Trinajstić information content (AvgIpc) is 2.86. The summed E-state index contributed by atoms with van der Waals surface area (Å²) in [6, 6.07) is 0. The van der Waals surface area contributed by atoms with Gasteiger partial charge in [0.05, 0.1) is 0 Å². The van der Waals surface area contributed by atoms with Gasteiger partial charge >= 0.3 is 0 Å². The van der Waals surface area contributed by atoms with Crippen molar-refractivity contribution in [2.24, 2.45) is 34.5 Å². The summed E-state index contributed by atoms with van der Waals surface area (Å²) in [6.07, 6.45) is 4.83. The van der Waals surface area contributed by atoms with Gasteiger partial charge in [-0.15, -0.1) is 0 Å². The van der Waals surface area contributed by atoms with Crippen LogP contribution in [0, 0.1) is 34.5 Å². The van der Waals surface area contributed by atoms with Crippen molar-refractivity contribution in [2.45, 2.75) is 53.4 Å².